The summed E-state index contributed by atoms with van der Waals surface area (Å²) in [6.07, 6.45) is 3.23. The Hall–Kier alpha value is -2.46. The number of nitrogens with zero attached hydrogens (tertiary/aromatic N) is 3. The number of aromatic nitrogens is 2. The van der Waals surface area contributed by atoms with E-state index in [9.17, 15) is 4.79 Å². The molecule has 0 saturated heterocycles. The molecule has 1 heterocycles. The molecular formula is C18H16ClN3O. The van der Waals surface area contributed by atoms with Gasteiger partial charge in [-0.2, -0.15) is 9.78 Å². The average Bonchev–Trinajstić information content (AvgIpc) is 2.56. The third-order valence-corrected chi connectivity index (χ3v) is 3.74. The van der Waals surface area contributed by atoms with Gasteiger partial charge < -0.3 is 0 Å². The van der Waals surface area contributed by atoms with Gasteiger partial charge in [-0.15, -0.1) is 0 Å². The van der Waals surface area contributed by atoms with E-state index in [1.807, 2.05) is 30.3 Å². The summed E-state index contributed by atoms with van der Waals surface area (Å²) in [5, 5.41) is 5.58. The van der Waals surface area contributed by atoms with Crippen LogP contribution in [0.15, 0.2) is 58.4 Å². The molecule has 3 rings (SSSR count). The highest BCUT2D eigenvalue weighted by Gasteiger charge is 2.09. The zero-order valence-electron chi connectivity index (χ0n) is 12.7. The summed E-state index contributed by atoms with van der Waals surface area (Å²) < 4.78 is 1.39. The van der Waals surface area contributed by atoms with Gasteiger partial charge in [0.15, 0.2) is 0 Å². The normalized spacial score (nSPS) is 11.4. The highest BCUT2D eigenvalue weighted by molar-refractivity contribution is 6.30. The lowest BCUT2D eigenvalue weighted by molar-refractivity contribution is 0.704. The monoisotopic (exact) mass is 325 g/mol. The summed E-state index contributed by atoms with van der Waals surface area (Å²) in [6, 6.07) is 14.6. The van der Waals surface area contributed by atoms with Crippen molar-refractivity contribution in [2.45, 2.75) is 19.8 Å². The first kappa shape index (κ1) is 15.4. The van der Waals surface area contributed by atoms with Crippen LogP contribution in [-0.2, 0) is 6.42 Å². The summed E-state index contributed by atoms with van der Waals surface area (Å²) >= 11 is 5.88. The number of rotatable bonds is 4. The summed E-state index contributed by atoms with van der Waals surface area (Å²) in [7, 11) is 0. The fourth-order valence-corrected chi connectivity index (χ4v) is 2.47. The molecule has 0 spiro atoms. The molecule has 0 atom stereocenters. The van der Waals surface area contributed by atoms with E-state index in [-0.39, 0.29) is 5.56 Å². The third-order valence-electron chi connectivity index (χ3n) is 3.49. The number of halogens is 1. The van der Waals surface area contributed by atoms with Gasteiger partial charge in [0, 0.05) is 11.4 Å². The first-order chi connectivity index (χ1) is 11.2. The molecule has 23 heavy (non-hydrogen) atoms. The largest absolute Gasteiger partial charge is 0.282 e. The van der Waals surface area contributed by atoms with Crippen LogP contribution in [0.1, 0.15) is 24.7 Å². The van der Waals surface area contributed by atoms with Crippen LogP contribution >= 0.6 is 11.6 Å². The van der Waals surface area contributed by atoms with Gasteiger partial charge in [0.05, 0.1) is 17.1 Å². The molecule has 0 unspecified atom stereocenters. The Morgan fingerprint density at radius 1 is 1.17 bits per heavy atom. The standard InChI is InChI=1S/C18H16ClN3O/c1-2-5-17-21-16-7-4-3-6-15(16)18(23)22(17)20-12-13-8-10-14(19)11-9-13/h3-4,6-12H,2,5H2,1H3/b20-12+. The van der Waals surface area contributed by atoms with Crippen LogP contribution in [-0.4, -0.2) is 15.9 Å². The van der Waals surface area contributed by atoms with Gasteiger partial charge in [0.2, 0.25) is 0 Å². The fourth-order valence-electron chi connectivity index (χ4n) is 2.35. The van der Waals surface area contributed by atoms with E-state index in [0.717, 1.165) is 12.0 Å². The molecule has 0 aliphatic heterocycles. The summed E-state index contributed by atoms with van der Waals surface area (Å²) in [6.45, 7) is 2.05. The van der Waals surface area contributed by atoms with Gasteiger partial charge in [0.25, 0.3) is 5.56 Å². The predicted octanol–water partition coefficient (Wildman–Crippen LogP) is 3.88. The lowest BCUT2D eigenvalue weighted by Crippen LogP contribution is -2.22. The van der Waals surface area contributed by atoms with Crippen molar-refractivity contribution in [2.75, 3.05) is 0 Å². The van der Waals surface area contributed by atoms with E-state index in [0.29, 0.717) is 28.2 Å². The Balaban J connectivity index is 2.11. The second-order valence-electron chi connectivity index (χ2n) is 5.21. The highest BCUT2D eigenvalue weighted by Crippen LogP contribution is 2.10. The second kappa shape index (κ2) is 6.75. The van der Waals surface area contributed by atoms with Crippen LogP contribution in [0.3, 0.4) is 0 Å². The molecule has 4 nitrogen and oxygen atoms in total. The maximum atomic E-state index is 12.7. The first-order valence-corrected chi connectivity index (χ1v) is 7.87. The maximum Gasteiger partial charge on any atom is 0.282 e. The molecule has 0 saturated carbocycles. The van der Waals surface area contributed by atoms with E-state index in [4.69, 9.17) is 11.6 Å². The Kier molecular flexibility index (Phi) is 4.53. The molecule has 3 aromatic rings. The average molecular weight is 326 g/mol. The third kappa shape index (κ3) is 3.32. The molecular weight excluding hydrogens is 310 g/mol. The van der Waals surface area contributed by atoms with Crippen LogP contribution in [0.2, 0.25) is 5.02 Å². The van der Waals surface area contributed by atoms with Gasteiger partial charge in [-0.05, 0) is 36.2 Å². The topological polar surface area (TPSA) is 47.2 Å². The van der Waals surface area contributed by atoms with Crippen molar-refractivity contribution in [3.63, 3.8) is 0 Å². The van der Waals surface area contributed by atoms with Crippen molar-refractivity contribution >= 4 is 28.7 Å². The number of para-hydroxylation sites is 1. The number of fused-ring (bicyclic) bond motifs is 1. The summed E-state index contributed by atoms with van der Waals surface area (Å²) in [4.78, 5) is 17.3. The molecule has 5 heteroatoms. The predicted molar refractivity (Wildman–Crippen MR) is 94.4 cm³/mol. The minimum absolute atomic E-state index is 0.149. The molecule has 116 valence electrons. The minimum atomic E-state index is -0.149. The Morgan fingerprint density at radius 3 is 2.65 bits per heavy atom. The molecule has 0 N–H and O–H groups in total. The van der Waals surface area contributed by atoms with Crippen molar-refractivity contribution < 1.29 is 0 Å². The number of hydrogen-bond donors (Lipinski definition) is 0. The van der Waals surface area contributed by atoms with Crippen LogP contribution in [0.5, 0.6) is 0 Å². The van der Waals surface area contributed by atoms with Crippen LogP contribution in [0.25, 0.3) is 10.9 Å². The molecule has 0 bridgehead atoms. The van der Waals surface area contributed by atoms with Gasteiger partial charge >= 0.3 is 0 Å². The van der Waals surface area contributed by atoms with E-state index >= 15 is 0 Å². The second-order valence-corrected chi connectivity index (χ2v) is 5.64. The van der Waals surface area contributed by atoms with E-state index in [1.54, 1.807) is 24.4 Å². The number of hydrogen-bond acceptors (Lipinski definition) is 3. The van der Waals surface area contributed by atoms with Gasteiger partial charge in [-0.25, -0.2) is 4.98 Å². The van der Waals surface area contributed by atoms with Crippen molar-refractivity contribution in [3.8, 4) is 0 Å². The quantitative estimate of drug-likeness (QED) is 0.683. The smallest absolute Gasteiger partial charge is 0.267 e. The SMILES string of the molecule is CCCc1nc2ccccc2c(=O)n1/N=C/c1ccc(Cl)cc1. The first-order valence-electron chi connectivity index (χ1n) is 7.49. The summed E-state index contributed by atoms with van der Waals surface area (Å²) in [5.41, 5.74) is 1.43. The highest BCUT2D eigenvalue weighted by atomic mass is 35.5. The fraction of sp³-hybridized carbons (Fsp3) is 0.167. The lowest BCUT2D eigenvalue weighted by Gasteiger charge is -2.08. The molecule has 0 aliphatic rings. The molecule has 0 radical (unpaired) electrons. The van der Waals surface area contributed by atoms with Crippen molar-refractivity contribution in [1.82, 2.24) is 9.66 Å². The van der Waals surface area contributed by atoms with Crippen LogP contribution in [0, 0.1) is 0 Å². The lowest BCUT2D eigenvalue weighted by atomic mass is 10.2. The van der Waals surface area contributed by atoms with Crippen molar-refractivity contribution in [3.05, 3.63) is 75.3 Å². The van der Waals surface area contributed by atoms with Crippen LogP contribution in [0.4, 0.5) is 0 Å². The molecule has 2 aromatic carbocycles. The van der Waals surface area contributed by atoms with E-state index < -0.39 is 0 Å². The van der Waals surface area contributed by atoms with Crippen LogP contribution < -0.4 is 5.56 Å². The molecule has 0 amide bonds. The molecule has 0 fully saturated rings. The maximum absolute atomic E-state index is 12.7. The number of benzene rings is 2. The van der Waals surface area contributed by atoms with Gasteiger partial charge in [-0.1, -0.05) is 42.8 Å². The van der Waals surface area contributed by atoms with Gasteiger partial charge in [0.1, 0.15) is 5.82 Å². The van der Waals surface area contributed by atoms with Crippen molar-refractivity contribution in [1.29, 1.82) is 0 Å². The summed E-state index contributed by atoms with van der Waals surface area (Å²) in [5.74, 6) is 0.668. The molecule has 1 aromatic heterocycles. The Labute approximate surface area is 139 Å². The van der Waals surface area contributed by atoms with E-state index in [1.165, 1.54) is 4.68 Å². The van der Waals surface area contributed by atoms with E-state index in [2.05, 4.69) is 17.0 Å². The van der Waals surface area contributed by atoms with Gasteiger partial charge in [-0.3, -0.25) is 4.79 Å². The Morgan fingerprint density at radius 2 is 1.91 bits per heavy atom. The number of aryl methyl sites for hydroxylation is 1. The van der Waals surface area contributed by atoms with Crippen molar-refractivity contribution in [2.24, 2.45) is 5.10 Å². The zero-order chi connectivity index (χ0) is 16.2. The Bertz CT molecular complexity index is 914. The zero-order valence-corrected chi connectivity index (χ0v) is 13.5. The minimum Gasteiger partial charge on any atom is -0.267 e. The molecule has 0 aliphatic carbocycles.